The summed E-state index contributed by atoms with van der Waals surface area (Å²) < 4.78 is 15.1. The molecule has 1 heterocycles. The molecule has 2 aromatic rings. The van der Waals surface area contributed by atoms with Gasteiger partial charge in [0.25, 0.3) is 0 Å². The summed E-state index contributed by atoms with van der Waals surface area (Å²) in [5.41, 5.74) is 1.98. The smallest absolute Gasteiger partial charge is 0.328 e. The lowest BCUT2D eigenvalue weighted by Crippen LogP contribution is -2.18. The first kappa shape index (κ1) is 15.7. The van der Waals surface area contributed by atoms with Gasteiger partial charge in [-0.1, -0.05) is 12.1 Å². The van der Waals surface area contributed by atoms with E-state index in [1.807, 2.05) is 11.4 Å². The van der Waals surface area contributed by atoms with Gasteiger partial charge in [-0.15, -0.1) is 11.3 Å². The fraction of sp³-hybridized carbons (Fsp3) is 0.133. The van der Waals surface area contributed by atoms with E-state index in [0.29, 0.717) is 17.8 Å². The number of nitrogens with zero attached hydrogens (tertiary/aromatic N) is 1. The predicted molar refractivity (Wildman–Crippen MR) is 87.2 cm³/mol. The second kappa shape index (κ2) is 6.87. The molecule has 0 atom stereocenters. The molecule has 6 heteroatoms. The average Bonchev–Trinajstić information content (AvgIpc) is 2.81. The van der Waals surface area contributed by atoms with E-state index >= 15 is 0 Å². The van der Waals surface area contributed by atoms with Crippen molar-refractivity contribution in [1.29, 1.82) is 0 Å². The van der Waals surface area contributed by atoms with Gasteiger partial charge in [0.1, 0.15) is 5.82 Å². The Kier molecular flexibility index (Phi) is 5.14. The van der Waals surface area contributed by atoms with Crippen LogP contribution in [0.15, 0.2) is 39.5 Å². The average molecular weight is 370 g/mol. The molecule has 3 nitrogen and oxygen atoms in total. The van der Waals surface area contributed by atoms with E-state index < -0.39 is 5.97 Å². The highest BCUT2D eigenvalue weighted by molar-refractivity contribution is 9.11. The van der Waals surface area contributed by atoms with Gasteiger partial charge in [0, 0.05) is 25.2 Å². The Morgan fingerprint density at radius 3 is 2.90 bits per heavy atom. The Bertz CT molecular complexity index is 684. The van der Waals surface area contributed by atoms with Crippen molar-refractivity contribution in [2.45, 2.75) is 6.54 Å². The van der Waals surface area contributed by atoms with Crippen LogP contribution in [0.4, 0.5) is 10.1 Å². The minimum Gasteiger partial charge on any atom is -0.478 e. The summed E-state index contributed by atoms with van der Waals surface area (Å²) in [6, 6.07) is 6.61. The van der Waals surface area contributed by atoms with Crippen molar-refractivity contribution < 1.29 is 14.3 Å². The van der Waals surface area contributed by atoms with Crippen molar-refractivity contribution in [3.63, 3.8) is 0 Å². The Labute approximate surface area is 134 Å². The van der Waals surface area contributed by atoms with Gasteiger partial charge in [0.15, 0.2) is 0 Å². The summed E-state index contributed by atoms with van der Waals surface area (Å²) in [6.07, 6.45) is 2.41. The van der Waals surface area contributed by atoms with E-state index in [1.165, 1.54) is 12.1 Å². The summed E-state index contributed by atoms with van der Waals surface area (Å²) >= 11 is 4.97. The van der Waals surface area contributed by atoms with Gasteiger partial charge in [0.05, 0.1) is 9.47 Å². The van der Waals surface area contributed by atoms with Crippen molar-refractivity contribution in [3.05, 3.63) is 56.5 Å². The quantitative estimate of drug-likeness (QED) is 0.794. The minimum absolute atomic E-state index is 0.376. The number of para-hydroxylation sites is 1. The molecule has 1 aromatic heterocycles. The molecule has 0 spiro atoms. The molecule has 0 radical (unpaired) electrons. The summed E-state index contributed by atoms with van der Waals surface area (Å²) in [5.74, 6) is -1.44. The Hall–Kier alpha value is -1.66. The maximum atomic E-state index is 14.1. The molecule has 1 N–H and O–H groups in total. The molecule has 0 saturated heterocycles. The highest BCUT2D eigenvalue weighted by Crippen LogP contribution is 2.28. The van der Waals surface area contributed by atoms with Crippen LogP contribution in [-0.4, -0.2) is 18.1 Å². The first-order chi connectivity index (χ1) is 9.97. The molecule has 0 aliphatic heterocycles. The van der Waals surface area contributed by atoms with Gasteiger partial charge in [-0.05, 0) is 45.1 Å². The molecular weight excluding hydrogens is 357 g/mol. The standard InChI is InChI=1S/C15H13BrFNO2S/c1-18(8-10-7-13(16)21-9-10)15-11(5-6-14(19)20)3-2-4-12(15)17/h2-7,9H,8H2,1H3,(H,19,20)/b6-5+. The monoisotopic (exact) mass is 369 g/mol. The minimum atomic E-state index is -1.06. The van der Waals surface area contributed by atoms with Gasteiger partial charge >= 0.3 is 5.97 Å². The fourth-order valence-corrected chi connectivity index (χ4v) is 3.21. The number of hydrogen-bond donors (Lipinski definition) is 1. The maximum absolute atomic E-state index is 14.1. The van der Waals surface area contributed by atoms with Crippen LogP contribution in [0.2, 0.25) is 0 Å². The molecule has 0 unspecified atom stereocenters. The molecule has 2 rings (SSSR count). The van der Waals surface area contributed by atoms with E-state index in [0.717, 1.165) is 15.4 Å². The number of thiophene rings is 1. The molecule has 110 valence electrons. The van der Waals surface area contributed by atoms with E-state index in [-0.39, 0.29) is 5.82 Å². The molecule has 0 bridgehead atoms. The van der Waals surface area contributed by atoms with Gasteiger partial charge < -0.3 is 10.0 Å². The van der Waals surface area contributed by atoms with Crippen LogP contribution in [0.5, 0.6) is 0 Å². The van der Waals surface area contributed by atoms with Crippen LogP contribution in [-0.2, 0) is 11.3 Å². The van der Waals surface area contributed by atoms with Crippen LogP contribution in [0.3, 0.4) is 0 Å². The summed E-state index contributed by atoms with van der Waals surface area (Å²) in [7, 11) is 1.78. The lowest BCUT2D eigenvalue weighted by atomic mass is 10.1. The number of hydrogen-bond acceptors (Lipinski definition) is 3. The number of benzene rings is 1. The molecule has 0 fully saturated rings. The van der Waals surface area contributed by atoms with Crippen LogP contribution < -0.4 is 4.90 Å². The summed E-state index contributed by atoms with van der Waals surface area (Å²) in [6.45, 7) is 0.539. The lowest BCUT2D eigenvalue weighted by molar-refractivity contribution is -0.131. The number of carbonyl (C=O) groups is 1. The van der Waals surface area contributed by atoms with Crippen LogP contribution in [0.1, 0.15) is 11.1 Å². The number of halogens is 2. The summed E-state index contributed by atoms with van der Waals surface area (Å²) in [5, 5.41) is 10.7. The third-order valence-electron chi connectivity index (χ3n) is 2.85. The Balaban J connectivity index is 2.30. The van der Waals surface area contributed by atoms with Crippen molar-refractivity contribution >= 4 is 45.0 Å². The fourth-order valence-electron chi connectivity index (χ4n) is 2.01. The van der Waals surface area contributed by atoms with Crippen LogP contribution >= 0.6 is 27.3 Å². The first-order valence-corrected chi connectivity index (χ1v) is 7.78. The highest BCUT2D eigenvalue weighted by atomic mass is 79.9. The number of rotatable bonds is 5. The third-order valence-corrected chi connectivity index (χ3v) is 4.40. The van der Waals surface area contributed by atoms with E-state index in [2.05, 4.69) is 15.9 Å². The number of carboxylic acids is 1. The number of carboxylic acid groups (broad SMARTS) is 1. The van der Waals surface area contributed by atoms with Crippen LogP contribution in [0, 0.1) is 5.82 Å². The normalized spacial score (nSPS) is 11.0. The Morgan fingerprint density at radius 1 is 1.52 bits per heavy atom. The zero-order valence-corrected chi connectivity index (χ0v) is 13.6. The molecule has 0 saturated carbocycles. The van der Waals surface area contributed by atoms with Crippen molar-refractivity contribution in [1.82, 2.24) is 0 Å². The van der Waals surface area contributed by atoms with Crippen molar-refractivity contribution in [2.75, 3.05) is 11.9 Å². The number of anilines is 1. The zero-order valence-electron chi connectivity index (χ0n) is 11.2. The van der Waals surface area contributed by atoms with Gasteiger partial charge in [-0.2, -0.15) is 0 Å². The van der Waals surface area contributed by atoms with E-state index in [1.54, 1.807) is 35.4 Å². The SMILES string of the molecule is CN(Cc1csc(Br)c1)c1c(F)cccc1/C=C/C(=O)O. The summed E-state index contributed by atoms with van der Waals surface area (Å²) in [4.78, 5) is 12.4. The second-order valence-corrected chi connectivity index (χ2v) is 6.75. The zero-order chi connectivity index (χ0) is 15.4. The van der Waals surface area contributed by atoms with Gasteiger partial charge in [-0.3, -0.25) is 0 Å². The predicted octanol–water partition coefficient (Wildman–Crippen LogP) is 4.38. The van der Waals surface area contributed by atoms with E-state index in [9.17, 15) is 9.18 Å². The molecule has 21 heavy (non-hydrogen) atoms. The molecule has 0 aliphatic rings. The van der Waals surface area contributed by atoms with Crippen LogP contribution in [0.25, 0.3) is 6.08 Å². The van der Waals surface area contributed by atoms with Crippen molar-refractivity contribution in [3.8, 4) is 0 Å². The van der Waals surface area contributed by atoms with Gasteiger partial charge in [-0.25, -0.2) is 9.18 Å². The first-order valence-electron chi connectivity index (χ1n) is 6.11. The highest BCUT2D eigenvalue weighted by Gasteiger charge is 2.12. The van der Waals surface area contributed by atoms with Crippen molar-refractivity contribution in [2.24, 2.45) is 0 Å². The van der Waals surface area contributed by atoms with E-state index in [4.69, 9.17) is 5.11 Å². The Morgan fingerprint density at radius 2 is 2.29 bits per heavy atom. The molecule has 0 amide bonds. The molecule has 1 aromatic carbocycles. The molecule has 0 aliphatic carbocycles. The van der Waals surface area contributed by atoms with Gasteiger partial charge in [0.2, 0.25) is 0 Å². The molecular formula is C15H13BrFNO2S. The maximum Gasteiger partial charge on any atom is 0.328 e. The topological polar surface area (TPSA) is 40.5 Å². The lowest BCUT2D eigenvalue weighted by Gasteiger charge is -2.21. The second-order valence-electron chi connectivity index (χ2n) is 4.46. The number of aliphatic carboxylic acids is 1. The third kappa shape index (κ3) is 4.15. The largest absolute Gasteiger partial charge is 0.478 e.